The van der Waals surface area contributed by atoms with Crippen molar-refractivity contribution in [3.05, 3.63) is 0 Å². The van der Waals surface area contributed by atoms with Gasteiger partial charge in [-0.15, -0.1) is 0 Å². The molecule has 0 amide bonds. The van der Waals surface area contributed by atoms with Gasteiger partial charge in [0.05, 0.1) is 0 Å². The van der Waals surface area contributed by atoms with Crippen LogP contribution in [-0.2, 0) is 0 Å². The van der Waals surface area contributed by atoms with E-state index in [-0.39, 0.29) is 0 Å². The van der Waals surface area contributed by atoms with Crippen LogP contribution in [0.15, 0.2) is 0 Å². The Bertz CT molecular complexity index is 57.1. The van der Waals surface area contributed by atoms with Gasteiger partial charge < -0.3 is 5.73 Å². The molecule has 0 aromatic carbocycles. The Balaban J connectivity index is 2.26. The highest BCUT2D eigenvalue weighted by molar-refractivity contribution is 7.80. The molecule has 2 atom stereocenters. The quantitative estimate of drug-likeness (QED) is 0.451. The summed E-state index contributed by atoms with van der Waals surface area (Å²) in [4.78, 5) is 0. The molecule has 1 rings (SSSR count). The molecule has 1 saturated carbocycles. The van der Waals surface area contributed by atoms with Gasteiger partial charge >= 0.3 is 0 Å². The van der Waals surface area contributed by atoms with E-state index in [1.54, 1.807) is 0 Å². The summed E-state index contributed by atoms with van der Waals surface area (Å²) in [6.07, 6.45) is 3.50. The number of hydrogen-bond donors (Lipinski definition) is 2. The van der Waals surface area contributed by atoms with Gasteiger partial charge in [-0.25, -0.2) is 0 Å². The highest BCUT2D eigenvalue weighted by Crippen LogP contribution is 2.21. The van der Waals surface area contributed by atoms with Crippen molar-refractivity contribution in [2.24, 2.45) is 5.73 Å². The first-order valence-corrected chi connectivity index (χ1v) is 3.24. The monoisotopic (exact) mass is 117 g/mol. The lowest BCUT2D eigenvalue weighted by Gasteiger charge is -1.96. The first-order valence-electron chi connectivity index (χ1n) is 2.72. The number of hydrogen-bond acceptors (Lipinski definition) is 2. The average molecular weight is 117 g/mol. The Morgan fingerprint density at radius 1 is 1.43 bits per heavy atom. The predicted octanol–water partition coefficient (Wildman–Crippen LogP) is 0.796. The lowest BCUT2D eigenvalue weighted by atomic mass is 10.3. The third-order valence-electron chi connectivity index (χ3n) is 1.45. The van der Waals surface area contributed by atoms with E-state index in [4.69, 9.17) is 5.73 Å². The zero-order chi connectivity index (χ0) is 5.28. The highest BCUT2D eigenvalue weighted by atomic mass is 32.1. The Kier molecular flexibility index (Phi) is 1.60. The van der Waals surface area contributed by atoms with Crippen molar-refractivity contribution in [1.29, 1.82) is 0 Å². The Morgan fingerprint density at radius 2 is 2.14 bits per heavy atom. The van der Waals surface area contributed by atoms with Crippen LogP contribution >= 0.6 is 12.6 Å². The molecule has 0 aromatic rings. The first kappa shape index (κ1) is 5.45. The summed E-state index contributed by atoms with van der Waals surface area (Å²) in [5.41, 5.74) is 5.58. The van der Waals surface area contributed by atoms with E-state index in [9.17, 15) is 0 Å². The summed E-state index contributed by atoms with van der Waals surface area (Å²) in [6, 6.07) is 0.447. The molecular formula is C5H11NS. The summed E-state index contributed by atoms with van der Waals surface area (Å²) >= 11 is 4.27. The Hall–Kier alpha value is 0.310. The maximum absolute atomic E-state index is 5.58. The van der Waals surface area contributed by atoms with Crippen LogP contribution in [0.2, 0.25) is 0 Å². The van der Waals surface area contributed by atoms with E-state index >= 15 is 0 Å². The van der Waals surface area contributed by atoms with Crippen LogP contribution in [-0.4, -0.2) is 11.3 Å². The molecule has 0 spiro atoms. The second-order valence-electron chi connectivity index (χ2n) is 2.23. The lowest BCUT2D eigenvalue weighted by molar-refractivity contribution is 0.706. The molecule has 0 saturated heterocycles. The topological polar surface area (TPSA) is 26.0 Å². The molecule has 2 N–H and O–H groups in total. The van der Waals surface area contributed by atoms with Gasteiger partial charge in [-0.3, -0.25) is 0 Å². The fourth-order valence-electron chi connectivity index (χ4n) is 0.992. The molecule has 0 aliphatic heterocycles. The summed E-state index contributed by atoms with van der Waals surface area (Å²) < 4.78 is 0. The first-order chi connectivity index (χ1) is 3.29. The third-order valence-corrected chi connectivity index (χ3v) is 1.91. The normalized spacial score (nSPS) is 42.0. The van der Waals surface area contributed by atoms with Crippen LogP contribution in [0, 0.1) is 0 Å². The van der Waals surface area contributed by atoms with E-state index in [0.29, 0.717) is 11.3 Å². The van der Waals surface area contributed by atoms with Crippen molar-refractivity contribution < 1.29 is 0 Å². The molecule has 0 bridgehead atoms. The maximum atomic E-state index is 5.58. The van der Waals surface area contributed by atoms with Crippen LogP contribution < -0.4 is 5.73 Å². The van der Waals surface area contributed by atoms with Gasteiger partial charge in [0.2, 0.25) is 0 Å². The molecule has 0 unspecified atom stereocenters. The lowest BCUT2D eigenvalue weighted by Crippen LogP contribution is -2.14. The molecule has 42 valence electrons. The van der Waals surface area contributed by atoms with Crippen LogP contribution in [0.5, 0.6) is 0 Å². The Labute approximate surface area is 49.7 Å². The second kappa shape index (κ2) is 2.05. The third kappa shape index (κ3) is 1.35. The molecule has 0 aromatic heterocycles. The smallest absolute Gasteiger partial charge is 0.00496 e. The van der Waals surface area contributed by atoms with E-state index < -0.39 is 0 Å². The number of rotatable bonds is 0. The number of thiol groups is 1. The average Bonchev–Trinajstić information content (AvgIpc) is 1.87. The molecule has 1 fully saturated rings. The molecule has 2 heteroatoms. The summed E-state index contributed by atoms with van der Waals surface area (Å²) in [5, 5.41) is 0.593. The molecule has 1 nitrogen and oxygen atoms in total. The molecule has 1 aliphatic carbocycles. The largest absolute Gasteiger partial charge is 0.328 e. The fourth-order valence-corrected chi connectivity index (χ4v) is 1.41. The van der Waals surface area contributed by atoms with E-state index in [1.165, 1.54) is 12.8 Å². The van der Waals surface area contributed by atoms with Gasteiger partial charge in [-0.1, -0.05) is 0 Å². The van der Waals surface area contributed by atoms with Crippen LogP contribution in [0.3, 0.4) is 0 Å². The fraction of sp³-hybridized carbons (Fsp3) is 1.00. The van der Waals surface area contributed by atoms with Crippen molar-refractivity contribution >= 4 is 12.6 Å². The predicted molar refractivity (Wildman–Crippen MR) is 34.6 cm³/mol. The standard InChI is InChI=1S/C5H11NS/c6-4-1-2-5(7)3-4/h4-5,7H,1-3,6H2/t4-,5+/m0/s1. The van der Waals surface area contributed by atoms with Gasteiger partial charge in [0.25, 0.3) is 0 Å². The highest BCUT2D eigenvalue weighted by Gasteiger charge is 2.17. The van der Waals surface area contributed by atoms with Gasteiger partial charge in [0.15, 0.2) is 0 Å². The van der Waals surface area contributed by atoms with Crippen LogP contribution in [0.1, 0.15) is 19.3 Å². The second-order valence-corrected chi connectivity index (χ2v) is 2.96. The van der Waals surface area contributed by atoms with Gasteiger partial charge in [-0.2, -0.15) is 12.6 Å². The minimum absolute atomic E-state index is 0.447. The Morgan fingerprint density at radius 3 is 2.29 bits per heavy atom. The van der Waals surface area contributed by atoms with Crippen LogP contribution in [0.4, 0.5) is 0 Å². The van der Waals surface area contributed by atoms with E-state index in [2.05, 4.69) is 12.6 Å². The molecular weight excluding hydrogens is 106 g/mol. The van der Waals surface area contributed by atoms with Gasteiger partial charge in [0.1, 0.15) is 0 Å². The van der Waals surface area contributed by atoms with Crippen molar-refractivity contribution in [3.8, 4) is 0 Å². The summed E-state index contributed by atoms with van der Waals surface area (Å²) in [6.45, 7) is 0. The molecule has 7 heavy (non-hydrogen) atoms. The molecule has 0 heterocycles. The van der Waals surface area contributed by atoms with Crippen molar-refractivity contribution in [3.63, 3.8) is 0 Å². The van der Waals surface area contributed by atoms with Crippen molar-refractivity contribution in [1.82, 2.24) is 0 Å². The molecule has 0 radical (unpaired) electrons. The zero-order valence-corrected chi connectivity index (χ0v) is 5.20. The summed E-state index contributed by atoms with van der Waals surface area (Å²) in [5.74, 6) is 0. The SMILES string of the molecule is N[C@H]1CC[C@@H](S)C1. The minimum atomic E-state index is 0.447. The van der Waals surface area contributed by atoms with Crippen LogP contribution in [0.25, 0.3) is 0 Å². The van der Waals surface area contributed by atoms with Gasteiger partial charge in [0, 0.05) is 11.3 Å². The zero-order valence-electron chi connectivity index (χ0n) is 4.30. The van der Waals surface area contributed by atoms with E-state index in [1.807, 2.05) is 0 Å². The van der Waals surface area contributed by atoms with Crippen molar-refractivity contribution in [2.75, 3.05) is 0 Å². The van der Waals surface area contributed by atoms with Gasteiger partial charge in [-0.05, 0) is 19.3 Å². The maximum Gasteiger partial charge on any atom is 0.00496 e. The van der Waals surface area contributed by atoms with Crippen molar-refractivity contribution in [2.45, 2.75) is 30.6 Å². The minimum Gasteiger partial charge on any atom is -0.328 e. The van der Waals surface area contributed by atoms with E-state index in [0.717, 1.165) is 6.42 Å². The number of nitrogens with two attached hydrogens (primary N) is 1. The summed E-state index contributed by atoms with van der Waals surface area (Å²) in [7, 11) is 0. The molecule has 1 aliphatic rings.